The lowest BCUT2D eigenvalue weighted by Crippen LogP contribution is -2.46. The zero-order valence-corrected chi connectivity index (χ0v) is 6.70. The van der Waals surface area contributed by atoms with E-state index < -0.39 is 10.8 Å². The molecule has 9 heavy (non-hydrogen) atoms. The van der Waals surface area contributed by atoms with E-state index in [1.807, 2.05) is 0 Å². The molecular weight excluding hydrogens is 134 g/mol. The lowest BCUT2D eigenvalue weighted by atomic mass is 10.3. The van der Waals surface area contributed by atoms with Crippen LogP contribution < -0.4 is 5.32 Å². The van der Waals surface area contributed by atoms with Crippen LogP contribution >= 0.6 is 0 Å². The van der Waals surface area contributed by atoms with E-state index in [0.717, 1.165) is 11.5 Å². The van der Waals surface area contributed by atoms with E-state index in [1.54, 1.807) is 0 Å². The van der Waals surface area contributed by atoms with Gasteiger partial charge in [-0.2, -0.15) is 0 Å². The van der Waals surface area contributed by atoms with Gasteiger partial charge in [0.15, 0.2) is 0 Å². The second-order valence-electron chi connectivity index (χ2n) is 2.74. The van der Waals surface area contributed by atoms with Gasteiger partial charge < -0.3 is 5.32 Å². The average Bonchev–Trinajstić information content (AvgIpc) is 1.59. The van der Waals surface area contributed by atoms with E-state index in [9.17, 15) is 4.21 Å². The highest BCUT2D eigenvalue weighted by Gasteiger charge is 2.18. The Morgan fingerprint density at radius 2 is 1.78 bits per heavy atom. The summed E-state index contributed by atoms with van der Waals surface area (Å²) in [6.45, 7) is 4.15. The summed E-state index contributed by atoms with van der Waals surface area (Å²) >= 11 is 0. The van der Waals surface area contributed by atoms with Crippen molar-refractivity contribution < 1.29 is 4.21 Å². The molecule has 0 aromatic rings. The zero-order valence-electron chi connectivity index (χ0n) is 5.89. The van der Waals surface area contributed by atoms with Gasteiger partial charge in [0.25, 0.3) is 0 Å². The maximum atomic E-state index is 11.0. The fraction of sp³-hybridized carbons (Fsp3) is 1.00. The van der Waals surface area contributed by atoms with Crippen molar-refractivity contribution in [3.63, 3.8) is 0 Å². The second kappa shape index (κ2) is 2.80. The molecule has 2 unspecified atom stereocenters. The third kappa shape index (κ3) is 2.06. The summed E-state index contributed by atoms with van der Waals surface area (Å²) in [7, 11) is -0.563. The molecule has 0 spiro atoms. The van der Waals surface area contributed by atoms with Crippen molar-refractivity contribution >= 4 is 10.8 Å². The Balaban J connectivity index is 2.43. The minimum atomic E-state index is -0.563. The van der Waals surface area contributed by atoms with Gasteiger partial charge in [0.1, 0.15) is 0 Å². The Hall–Kier alpha value is 0.110. The van der Waals surface area contributed by atoms with Crippen molar-refractivity contribution in [3.8, 4) is 0 Å². The van der Waals surface area contributed by atoms with Crippen LogP contribution in [-0.4, -0.2) is 27.8 Å². The minimum absolute atomic E-state index is 0.439. The molecule has 1 heterocycles. The van der Waals surface area contributed by atoms with Gasteiger partial charge in [-0.1, -0.05) is 0 Å². The molecule has 0 aromatic carbocycles. The topological polar surface area (TPSA) is 29.1 Å². The molecule has 2 atom stereocenters. The third-order valence-corrected chi connectivity index (χ3v) is 3.18. The Bertz CT molecular complexity index is 114. The molecule has 1 aliphatic rings. The van der Waals surface area contributed by atoms with E-state index in [0.29, 0.717) is 12.1 Å². The van der Waals surface area contributed by atoms with Crippen molar-refractivity contribution in [2.24, 2.45) is 0 Å². The standard InChI is InChI=1S/C6H13NOS/c1-5-3-9(8)4-6(2)7-5/h5-7H,3-4H2,1-2H3. The van der Waals surface area contributed by atoms with Crippen LogP contribution in [0.5, 0.6) is 0 Å². The van der Waals surface area contributed by atoms with Gasteiger partial charge in [0.2, 0.25) is 0 Å². The molecule has 0 bridgehead atoms. The third-order valence-electron chi connectivity index (χ3n) is 1.44. The van der Waals surface area contributed by atoms with E-state index in [4.69, 9.17) is 0 Å². The van der Waals surface area contributed by atoms with Gasteiger partial charge in [-0.05, 0) is 13.8 Å². The number of rotatable bonds is 0. The summed E-state index contributed by atoms with van der Waals surface area (Å²) in [5, 5.41) is 3.32. The van der Waals surface area contributed by atoms with Crippen molar-refractivity contribution in [2.75, 3.05) is 11.5 Å². The number of hydrogen-bond acceptors (Lipinski definition) is 2. The normalized spacial score (nSPS) is 44.9. The van der Waals surface area contributed by atoms with E-state index in [1.165, 1.54) is 0 Å². The largest absolute Gasteiger partial charge is 0.310 e. The highest BCUT2D eigenvalue weighted by atomic mass is 32.2. The molecule has 3 heteroatoms. The van der Waals surface area contributed by atoms with E-state index >= 15 is 0 Å². The Morgan fingerprint density at radius 3 is 2.11 bits per heavy atom. The van der Waals surface area contributed by atoms with Crippen LogP contribution in [0.2, 0.25) is 0 Å². The van der Waals surface area contributed by atoms with Gasteiger partial charge >= 0.3 is 0 Å². The molecule has 54 valence electrons. The Labute approximate surface area is 58.5 Å². The summed E-state index contributed by atoms with van der Waals surface area (Å²) in [5.41, 5.74) is 0. The first-order valence-electron chi connectivity index (χ1n) is 3.29. The van der Waals surface area contributed by atoms with Crippen LogP contribution in [-0.2, 0) is 10.8 Å². The summed E-state index contributed by atoms with van der Waals surface area (Å²) in [5.74, 6) is 1.65. The summed E-state index contributed by atoms with van der Waals surface area (Å²) in [4.78, 5) is 0. The van der Waals surface area contributed by atoms with Crippen LogP contribution in [0, 0.1) is 0 Å². The van der Waals surface area contributed by atoms with Crippen molar-refractivity contribution in [1.29, 1.82) is 0 Å². The molecule has 1 rings (SSSR count). The fourth-order valence-electron chi connectivity index (χ4n) is 1.21. The maximum absolute atomic E-state index is 11.0. The van der Waals surface area contributed by atoms with Gasteiger partial charge in [-0.25, -0.2) is 0 Å². The fourth-order valence-corrected chi connectivity index (χ4v) is 2.65. The molecule has 1 aliphatic heterocycles. The predicted octanol–water partition coefficient (Wildman–Crippen LogP) is 0.115. The number of nitrogens with one attached hydrogen (secondary N) is 1. The van der Waals surface area contributed by atoms with Gasteiger partial charge in [0, 0.05) is 34.4 Å². The van der Waals surface area contributed by atoms with Crippen LogP contribution in [0.15, 0.2) is 0 Å². The SMILES string of the molecule is CC1CS(=O)CC(C)N1. The maximum Gasteiger partial charge on any atom is 0.0386 e. The number of hydrogen-bond donors (Lipinski definition) is 1. The van der Waals surface area contributed by atoms with Gasteiger partial charge in [0.05, 0.1) is 0 Å². The Morgan fingerprint density at radius 1 is 1.33 bits per heavy atom. The zero-order chi connectivity index (χ0) is 6.85. The van der Waals surface area contributed by atoms with Crippen LogP contribution in [0.1, 0.15) is 13.8 Å². The monoisotopic (exact) mass is 147 g/mol. The van der Waals surface area contributed by atoms with Gasteiger partial charge in [-0.3, -0.25) is 4.21 Å². The first-order chi connectivity index (χ1) is 4.18. The molecule has 1 fully saturated rings. The summed E-state index contributed by atoms with van der Waals surface area (Å²) in [6.07, 6.45) is 0. The quantitative estimate of drug-likeness (QED) is 0.527. The average molecular weight is 147 g/mol. The lowest BCUT2D eigenvalue weighted by Gasteiger charge is -2.24. The van der Waals surface area contributed by atoms with Crippen molar-refractivity contribution in [2.45, 2.75) is 25.9 Å². The first-order valence-corrected chi connectivity index (χ1v) is 4.78. The lowest BCUT2D eigenvalue weighted by molar-refractivity contribution is 0.501. The molecule has 0 amide bonds. The summed E-state index contributed by atoms with van der Waals surface area (Å²) < 4.78 is 11.0. The van der Waals surface area contributed by atoms with Crippen molar-refractivity contribution in [1.82, 2.24) is 5.32 Å². The van der Waals surface area contributed by atoms with E-state index in [2.05, 4.69) is 19.2 Å². The minimum Gasteiger partial charge on any atom is -0.310 e. The summed E-state index contributed by atoms with van der Waals surface area (Å²) in [6, 6.07) is 0.879. The van der Waals surface area contributed by atoms with Crippen LogP contribution in [0.3, 0.4) is 0 Å². The highest BCUT2D eigenvalue weighted by molar-refractivity contribution is 7.85. The molecule has 0 radical (unpaired) electrons. The van der Waals surface area contributed by atoms with E-state index in [-0.39, 0.29) is 0 Å². The molecular formula is C6H13NOS. The highest BCUT2D eigenvalue weighted by Crippen LogP contribution is 2.00. The first kappa shape index (κ1) is 7.22. The molecule has 2 nitrogen and oxygen atoms in total. The van der Waals surface area contributed by atoms with Crippen LogP contribution in [0.4, 0.5) is 0 Å². The second-order valence-corrected chi connectivity index (χ2v) is 4.29. The molecule has 0 saturated carbocycles. The van der Waals surface area contributed by atoms with Gasteiger partial charge in [-0.15, -0.1) is 0 Å². The van der Waals surface area contributed by atoms with Crippen LogP contribution in [0.25, 0.3) is 0 Å². The predicted molar refractivity (Wildman–Crippen MR) is 39.9 cm³/mol. The molecule has 0 aliphatic carbocycles. The Kier molecular flexibility index (Phi) is 2.24. The molecule has 1 saturated heterocycles. The van der Waals surface area contributed by atoms with Crippen molar-refractivity contribution in [3.05, 3.63) is 0 Å². The molecule has 1 N–H and O–H groups in total. The molecule has 0 aromatic heterocycles. The smallest absolute Gasteiger partial charge is 0.0386 e.